The molecule has 3 unspecified atom stereocenters. The molecule has 2 heteroatoms. The molecular weight excluding hydrogens is 196 g/mol. The van der Waals surface area contributed by atoms with Gasteiger partial charge in [-0.05, 0) is 31.1 Å². The summed E-state index contributed by atoms with van der Waals surface area (Å²) >= 11 is 0. The van der Waals surface area contributed by atoms with E-state index in [1.54, 1.807) is 0 Å². The molecule has 92 valence electrons. The van der Waals surface area contributed by atoms with E-state index >= 15 is 0 Å². The Morgan fingerprint density at radius 2 is 2.00 bits per heavy atom. The first-order valence-corrected chi connectivity index (χ1v) is 6.81. The largest absolute Gasteiger partial charge is 0.329 e. The summed E-state index contributed by atoms with van der Waals surface area (Å²) in [5.41, 5.74) is 6.29. The van der Waals surface area contributed by atoms with Crippen molar-refractivity contribution in [1.82, 2.24) is 5.32 Å². The molecule has 0 aliphatic heterocycles. The minimum Gasteiger partial charge on any atom is -0.329 e. The van der Waals surface area contributed by atoms with E-state index in [2.05, 4.69) is 31.3 Å². The molecular formula is C14H26N2. The molecule has 0 aromatic carbocycles. The van der Waals surface area contributed by atoms with E-state index in [1.165, 1.54) is 32.1 Å². The smallest absolute Gasteiger partial charge is 0.0334 e. The maximum absolute atomic E-state index is 6.09. The van der Waals surface area contributed by atoms with Gasteiger partial charge in [0.15, 0.2) is 0 Å². The minimum atomic E-state index is 0.203. The van der Waals surface area contributed by atoms with Gasteiger partial charge < -0.3 is 11.1 Å². The van der Waals surface area contributed by atoms with Crippen LogP contribution in [0.25, 0.3) is 0 Å². The molecule has 16 heavy (non-hydrogen) atoms. The Morgan fingerprint density at radius 3 is 2.62 bits per heavy atom. The van der Waals surface area contributed by atoms with Crippen molar-refractivity contribution in [3.05, 3.63) is 12.2 Å². The van der Waals surface area contributed by atoms with Gasteiger partial charge in [-0.2, -0.15) is 0 Å². The van der Waals surface area contributed by atoms with Crippen LogP contribution in [0.3, 0.4) is 0 Å². The number of rotatable bonds is 3. The van der Waals surface area contributed by atoms with Crippen molar-refractivity contribution in [1.29, 1.82) is 0 Å². The highest BCUT2D eigenvalue weighted by Gasteiger charge is 2.41. The topological polar surface area (TPSA) is 38.0 Å². The normalized spacial score (nSPS) is 40.4. The second-order valence-electron chi connectivity index (χ2n) is 5.80. The Bertz CT molecular complexity index is 253. The lowest BCUT2D eigenvalue weighted by molar-refractivity contribution is 0.100. The summed E-state index contributed by atoms with van der Waals surface area (Å²) in [4.78, 5) is 0. The lowest BCUT2D eigenvalue weighted by Gasteiger charge is -2.47. The molecule has 0 heterocycles. The maximum atomic E-state index is 6.09. The second kappa shape index (κ2) is 4.89. The molecule has 2 nitrogen and oxygen atoms in total. The standard InChI is InChI=1S/C14H26N2/c1-11-6-5-9-14(10-15,12(11)2)16-13-7-3-4-8-13/h3-4,11-13,16H,5-10,15H2,1-2H3. The minimum absolute atomic E-state index is 0.203. The van der Waals surface area contributed by atoms with E-state index in [1.807, 2.05) is 0 Å². The van der Waals surface area contributed by atoms with Gasteiger partial charge in [0.1, 0.15) is 0 Å². The molecule has 3 N–H and O–H groups in total. The Kier molecular flexibility index (Phi) is 3.70. The molecule has 0 bridgehead atoms. The van der Waals surface area contributed by atoms with Crippen LogP contribution in [-0.2, 0) is 0 Å². The average Bonchev–Trinajstić information content (AvgIpc) is 2.77. The molecule has 0 aromatic heterocycles. The quantitative estimate of drug-likeness (QED) is 0.720. The van der Waals surface area contributed by atoms with Crippen molar-refractivity contribution < 1.29 is 0 Å². The van der Waals surface area contributed by atoms with E-state index in [4.69, 9.17) is 5.73 Å². The van der Waals surface area contributed by atoms with Crippen molar-refractivity contribution in [2.24, 2.45) is 17.6 Å². The maximum Gasteiger partial charge on any atom is 0.0334 e. The molecule has 1 fully saturated rings. The van der Waals surface area contributed by atoms with Gasteiger partial charge in [0.2, 0.25) is 0 Å². The first-order chi connectivity index (χ1) is 7.68. The van der Waals surface area contributed by atoms with Gasteiger partial charge in [0.25, 0.3) is 0 Å². The zero-order valence-corrected chi connectivity index (χ0v) is 10.7. The van der Waals surface area contributed by atoms with E-state index < -0.39 is 0 Å². The number of nitrogens with two attached hydrogens (primary N) is 1. The Labute approximate surface area is 99.7 Å². The zero-order chi connectivity index (χ0) is 11.6. The second-order valence-corrected chi connectivity index (χ2v) is 5.80. The van der Waals surface area contributed by atoms with Gasteiger partial charge in [-0.25, -0.2) is 0 Å². The van der Waals surface area contributed by atoms with Crippen LogP contribution in [-0.4, -0.2) is 18.1 Å². The Morgan fingerprint density at radius 1 is 1.31 bits per heavy atom. The van der Waals surface area contributed by atoms with Gasteiger partial charge >= 0.3 is 0 Å². The first-order valence-electron chi connectivity index (χ1n) is 6.81. The predicted octanol–water partition coefficient (Wildman–Crippen LogP) is 2.45. The molecule has 2 aliphatic carbocycles. The van der Waals surface area contributed by atoms with Crippen molar-refractivity contribution in [3.63, 3.8) is 0 Å². The molecule has 0 aromatic rings. The monoisotopic (exact) mass is 222 g/mol. The zero-order valence-electron chi connectivity index (χ0n) is 10.7. The molecule has 0 amide bonds. The van der Waals surface area contributed by atoms with Gasteiger partial charge in [0.05, 0.1) is 0 Å². The van der Waals surface area contributed by atoms with Crippen LogP contribution in [0.5, 0.6) is 0 Å². The summed E-state index contributed by atoms with van der Waals surface area (Å²) in [7, 11) is 0. The molecule has 1 saturated carbocycles. The summed E-state index contributed by atoms with van der Waals surface area (Å²) < 4.78 is 0. The third kappa shape index (κ3) is 2.18. The van der Waals surface area contributed by atoms with Crippen molar-refractivity contribution in [3.8, 4) is 0 Å². The van der Waals surface area contributed by atoms with Crippen molar-refractivity contribution >= 4 is 0 Å². The predicted molar refractivity (Wildman–Crippen MR) is 69.3 cm³/mol. The summed E-state index contributed by atoms with van der Waals surface area (Å²) in [5.74, 6) is 1.51. The number of hydrogen-bond donors (Lipinski definition) is 2. The SMILES string of the molecule is CC1CCCC(CN)(NC2CC=CC2)C1C. The fraction of sp³-hybridized carbons (Fsp3) is 0.857. The van der Waals surface area contributed by atoms with Crippen molar-refractivity contribution in [2.75, 3.05) is 6.54 Å². The van der Waals surface area contributed by atoms with E-state index in [0.717, 1.165) is 12.5 Å². The summed E-state index contributed by atoms with van der Waals surface area (Å²) in [6.45, 7) is 5.55. The fourth-order valence-corrected chi connectivity index (χ4v) is 3.45. The lowest BCUT2D eigenvalue weighted by Crippen LogP contribution is -2.61. The van der Waals surface area contributed by atoms with E-state index in [-0.39, 0.29) is 5.54 Å². The lowest BCUT2D eigenvalue weighted by atomic mass is 9.68. The third-order valence-corrected chi connectivity index (χ3v) is 4.87. The molecule has 3 atom stereocenters. The summed E-state index contributed by atoms with van der Waals surface area (Å²) in [6, 6.07) is 0.635. The highest BCUT2D eigenvalue weighted by molar-refractivity contribution is 5.05. The number of nitrogens with one attached hydrogen (secondary N) is 1. The summed E-state index contributed by atoms with van der Waals surface area (Å²) in [5, 5.41) is 3.87. The van der Waals surface area contributed by atoms with Gasteiger partial charge in [0, 0.05) is 18.1 Å². The Hall–Kier alpha value is -0.340. The summed E-state index contributed by atoms with van der Waals surface area (Å²) in [6.07, 6.45) is 10.9. The third-order valence-electron chi connectivity index (χ3n) is 4.87. The highest BCUT2D eigenvalue weighted by Crippen LogP contribution is 2.38. The molecule has 0 saturated heterocycles. The fourth-order valence-electron chi connectivity index (χ4n) is 3.45. The van der Waals surface area contributed by atoms with E-state index in [0.29, 0.717) is 12.0 Å². The first kappa shape index (κ1) is 12.1. The van der Waals surface area contributed by atoms with Crippen LogP contribution in [0.2, 0.25) is 0 Å². The van der Waals surface area contributed by atoms with Crippen LogP contribution in [0.4, 0.5) is 0 Å². The van der Waals surface area contributed by atoms with E-state index in [9.17, 15) is 0 Å². The molecule has 2 aliphatic rings. The Balaban J connectivity index is 2.04. The van der Waals surface area contributed by atoms with Crippen LogP contribution >= 0.6 is 0 Å². The molecule has 0 spiro atoms. The van der Waals surface area contributed by atoms with Crippen LogP contribution in [0.1, 0.15) is 46.0 Å². The van der Waals surface area contributed by atoms with Crippen LogP contribution in [0.15, 0.2) is 12.2 Å². The average molecular weight is 222 g/mol. The van der Waals surface area contributed by atoms with Crippen LogP contribution < -0.4 is 11.1 Å². The van der Waals surface area contributed by atoms with Gasteiger partial charge in [-0.1, -0.05) is 38.8 Å². The van der Waals surface area contributed by atoms with Gasteiger partial charge in [-0.3, -0.25) is 0 Å². The van der Waals surface area contributed by atoms with Crippen LogP contribution in [0, 0.1) is 11.8 Å². The van der Waals surface area contributed by atoms with Crippen molar-refractivity contribution in [2.45, 2.75) is 57.5 Å². The molecule has 2 rings (SSSR count). The van der Waals surface area contributed by atoms with Gasteiger partial charge in [-0.15, -0.1) is 0 Å². The number of hydrogen-bond acceptors (Lipinski definition) is 2. The molecule has 0 radical (unpaired) electrons. The highest BCUT2D eigenvalue weighted by atomic mass is 15.0.